The Hall–Kier alpha value is 0.920. The zero-order valence-electron chi connectivity index (χ0n) is 5.81. The van der Waals surface area contributed by atoms with Gasteiger partial charge in [0.05, 0.1) is 12.2 Å². The predicted octanol–water partition coefficient (Wildman–Crippen LogP) is 2.46. The highest BCUT2D eigenvalue weighted by Crippen LogP contribution is 2.48. The molecule has 0 N–H and O–H groups in total. The van der Waals surface area contributed by atoms with Gasteiger partial charge >= 0.3 is 0 Å². The first kappa shape index (κ1) is 7.56. The highest BCUT2D eigenvalue weighted by Gasteiger charge is 2.51. The minimum Gasteiger partial charge on any atom is -0.369 e. The number of ether oxygens (including phenoxy) is 1. The van der Waals surface area contributed by atoms with E-state index in [2.05, 4.69) is 38.8 Å². The molecule has 1 saturated heterocycles. The number of rotatable bonds is 0. The van der Waals surface area contributed by atoms with Gasteiger partial charge in [0.2, 0.25) is 0 Å². The Morgan fingerprint density at radius 2 is 2.20 bits per heavy atom. The van der Waals surface area contributed by atoms with Crippen LogP contribution in [0.3, 0.4) is 0 Å². The standard InChI is InChI=1S/C7H10Br2O/c1-7(9)3-5-4(10-5)2-6(7)8/h4-6H,2-3H2,1H3/t4?,5?,6-,7-/m1/s1. The molecule has 58 valence electrons. The van der Waals surface area contributed by atoms with E-state index < -0.39 is 0 Å². The van der Waals surface area contributed by atoms with Crippen molar-refractivity contribution in [2.45, 2.75) is 41.1 Å². The molecule has 1 saturated carbocycles. The van der Waals surface area contributed by atoms with Crippen LogP contribution in [-0.2, 0) is 4.74 Å². The monoisotopic (exact) mass is 268 g/mol. The van der Waals surface area contributed by atoms with Crippen molar-refractivity contribution in [2.24, 2.45) is 0 Å². The largest absolute Gasteiger partial charge is 0.369 e. The fourth-order valence-corrected chi connectivity index (χ4v) is 2.60. The third-order valence-electron chi connectivity index (χ3n) is 2.38. The first-order valence-corrected chi connectivity index (χ1v) is 5.29. The summed E-state index contributed by atoms with van der Waals surface area (Å²) in [6.45, 7) is 2.23. The summed E-state index contributed by atoms with van der Waals surface area (Å²) in [5.41, 5.74) is 0. The molecule has 0 spiro atoms. The zero-order chi connectivity index (χ0) is 7.35. The Balaban J connectivity index is 2.08. The van der Waals surface area contributed by atoms with Gasteiger partial charge in [-0.25, -0.2) is 0 Å². The van der Waals surface area contributed by atoms with E-state index in [1.165, 1.54) is 0 Å². The average molecular weight is 270 g/mol. The second-order valence-corrected chi connectivity index (χ2v) is 6.32. The van der Waals surface area contributed by atoms with Crippen molar-refractivity contribution in [3.63, 3.8) is 0 Å². The van der Waals surface area contributed by atoms with Crippen LogP contribution in [0.15, 0.2) is 0 Å². The minimum atomic E-state index is 0.255. The van der Waals surface area contributed by atoms with E-state index in [1.807, 2.05) is 0 Å². The molecule has 3 heteroatoms. The van der Waals surface area contributed by atoms with E-state index >= 15 is 0 Å². The third kappa shape index (κ3) is 1.16. The Kier molecular flexibility index (Phi) is 1.67. The molecule has 2 fully saturated rings. The van der Waals surface area contributed by atoms with Crippen molar-refractivity contribution >= 4 is 31.9 Å². The van der Waals surface area contributed by atoms with Crippen molar-refractivity contribution in [2.75, 3.05) is 0 Å². The quantitative estimate of drug-likeness (QED) is 0.486. The lowest BCUT2D eigenvalue weighted by Gasteiger charge is -2.30. The molecule has 10 heavy (non-hydrogen) atoms. The summed E-state index contributed by atoms with van der Waals surface area (Å²) in [6.07, 6.45) is 3.42. The van der Waals surface area contributed by atoms with Crippen LogP contribution in [0.25, 0.3) is 0 Å². The van der Waals surface area contributed by atoms with Gasteiger partial charge in [-0.2, -0.15) is 0 Å². The normalized spacial score (nSPS) is 59.7. The maximum atomic E-state index is 5.42. The molecule has 1 nitrogen and oxygen atoms in total. The number of alkyl halides is 2. The topological polar surface area (TPSA) is 12.5 Å². The maximum Gasteiger partial charge on any atom is 0.0856 e. The Morgan fingerprint density at radius 1 is 1.50 bits per heavy atom. The lowest BCUT2D eigenvalue weighted by atomic mass is 9.91. The van der Waals surface area contributed by atoms with Crippen LogP contribution >= 0.6 is 31.9 Å². The smallest absolute Gasteiger partial charge is 0.0856 e. The molecule has 0 amide bonds. The summed E-state index contributed by atoms with van der Waals surface area (Å²) >= 11 is 7.35. The fourth-order valence-electron chi connectivity index (χ4n) is 1.54. The Bertz CT molecular complexity index is 158. The highest BCUT2D eigenvalue weighted by atomic mass is 79.9. The fraction of sp³-hybridized carbons (Fsp3) is 1.00. The Labute approximate surface area is 77.8 Å². The van der Waals surface area contributed by atoms with E-state index in [9.17, 15) is 0 Å². The van der Waals surface area contributed by atoms with E-state index in [1.54, 1.807) is 0 Å². The molecule has 2 rings (SSSR count). The predicted molar refractivity (Wildman–Crippen MR) is 47.9 cm³/mol. The molecule has 0 bridgehead atoms. The van der Waals surface area contributed by atoms with E-state index in [4.69, 9.17) is 4.74 Å². The number of fused-ring (bicyclic) bond motifs is 1. The number of halogens is 2. The molecule has 2 aliphatic rings. The molecular weight excluding hydrogens is 260 g/mol. The van der Waals surface area contributed by atoms with Gasteiger partial charge in [0, 0.05) is 9.15 Å². The Morgan fingerprint density at radius 3 is 2.80 bits per heavy atom. The molecule has 0 aromatic rings. The highest BCUT2D eigenvalue weighted by molar-refractivity contribution is 9.12. The molecule has 0 aromatic carbocycles. The van der Waals surface area contributed by atoms with E-state index in [-0.39, 0.29) is 4.32 Å². The lowest BCUT2D eigenvalue weighted by molar-refractivity contribution is 0.371. The van der Waals surface area contributed by atoms with Gasteiger partial charge in [-0.3, -0.25) is 0 Å². The third-order valence-corrected chi connectivity index (χ3v) is 5.26. The van der Waals surface area contributed by atoms with Crippen LogP contribution in [0.2, 0.25) is 0 Å². The van der Waals surface area contributed by atoms with Gasteiger partial charge < -0.3 is 4.74 Å². The maximum absolute atomic E-state index is 5.42. The molecular formula is C7H10Br2O. The summed E-state index contributed by atoms with van der Waals surface area (Å²) in [5, 5.41) is 0. The van der Waals surface area contributed by atoms with E-state index in [0.29, 0.717) is 17.0 Å². The van der Waals surface area contributed by atoms with Crippen LogP contribution < -0.4 is 0 Å². The van der Waals surface area contributed by atoms with Crippen molar-refractivity contribution in [1.82, 2.24) is 0 Å². The first-order valence-electron chi connectivity index (χ1n) is 3.58. The SMILES string of the molecule is C[C@@]1(Br)CC2OC2C[C@H]1Br. The van der Waals surface area contributed by atoms with Gasteiger partial charge in [0.1, 0.15) is 0 Å². The minimum absolute atomic E-state index is 0.255. The average Bonchev–Trinajstić information content (AvgIpc) is 2.44. The summed E-state index contributed by atoms with van der Waals surface area (Å²) < 4.78 is 5.68. The number of hydrogen-bond donors (Lipinski definition) is 0. The van der Waals surface area contributed by atoms with Gasteiger partial charge in [0.25, 0.3) is 0 Å². The van der Waals surface area contributed by atoms with Crippen LogP contribution in [-0.4, -0.2) is 21.4 Å². The summed E-state index contributed by atoms with van der Waals surface area (Å²) in [6, 6.07) is 0. The van der Waals surface area contributed by atoms with Gasteiger partial charge in [-0.15, -0.1) is 0 Å². The molecule has 1 heterocycles. The van der Waals surface area contributed by atoms with E-state index in [0.717, 1.165) is 12.8 Å². The molecule has 4 atom stereocenters. The van der Waals surface area contributed by atoms with Crippen LogP contribution in [0, 0.1) is 0 Å². The molecule has 1 aliphatic heterocycles. The van der Waals surface area contributed by atoms with Crippen molar-refractivity contribution in [3.05, 3.63) is 0 Å². The first-order chi connectivity index (χ1) is 4.59. The van der Waals surface area contributed by atoms with Gasteiger partial charge in [-0.1, -0.05) is 31.9 Å². The van der Waals surface area contributed by atoms with Crippen LogP contribution in [0.1, 0.15) is 19.8 Å². The summed E-state index contributed by atoms with van der Waals surface area (Å²) in [7, 11) is 0. The number of hydrogen-bond acceptors (Lipinski definition) is 1. The molecule has 1 aliphatic carbocycles. The van der Waals surface area contributed by atoms with Crippen LogP contribution in [0.4, 0.5) is 0 Å². The summed E-state index contributed by atoms with van der Waals surface area (Å²) in [5.74, 6) is 0. The second kappa shape index (κ2) is 2.20. The molecule has 0 radical (unpaired) electrons. The second-order valence-electron chi connectivity index (χ2n) is 3.40. The van der Waals surface area contributed by atoms with Crippen molar-refractivity contribution < 1.29 is 4.74 Å². The van der Waals surface area contributed by atoms with Crippen molar-refractivity contribution in [1.29, 1.82) is 0 Å². The number of epoxide rings is 1. The molecule has 0 aromatic heterocycles. The zero-order valence-corrected chi connectivity index (χ0v) is 8.98. The lowest BCUT2D eigenvalue weighted by Crippen LogP contribution is -2.35. The van der Waals surface area contributed by atoms with Crippen molar-refractivity contribution in [3.8, 4) is 0 Å². The van der Waals surface area contributed by atoms with Gasteiger partial charge in [-0.05, 0) is 19.8 Å². The molecule has 2 unspecified atom stereocenters. The van der Waals surface area contributed by atoms with Gasteiger partial charge in [0.15, 0.2) is 0 Å². The van der Waals surface area contributed by atoms with Crippen LogP contribution in [0.5, 0.6) is 0 Å². The summed E-state index contributed by atoms with van der Waals surface area (Å²) in [4.78, 5) is 0.573.